The van der Waals surface area contributed by atoms with Gasteiger partial charge in [-0.1, -0.05) is 0 Å². The lowest BCUT2D eigenvalue weighted by molar-refractivity contribution is -0.180. The van der Waals surface area contributed by atoms with Crippen molar-refractivity contribution in [1.82, 2.24) is 5.48 Å². The van der Waals surface area contributed by atoms with E-state index in [1.807, 2.05) is 0 Å². The van der Waals surface area contributed by atoms with E-state index in [-0.39, 0.29) is 13.2 Å². The Labute approximate surface area is 58.2 Å². The molecule has 1 saturated heterocycles. The zero-order chi connectivity index (χ0) is 7.56. The van der Waals surface area contributed by atoms with Crippen molar-refractivity contribution in [3.05, 3.63) is 0 Å². The molecule has 1 heterocycles. The molecule has 0 aromatic carbocycles. The zero-order valence-electron chi connectivity index (χ0n) is 5.40. The SMILES string of the molecule is OC[C@@H]1ONC[C@H](O)[C@H]1O. The fraction of sp³-hybridized carbons (Fsp3) is 1.00. The molecule has 5 nitrogen and oxygen atoms in total. The van der Waals surface area contributed by atoms with Crippen molar-refractivity contribution in [2.24, 2.45) is 0 Å². The van der Waals surface area contributed by atoms with Gasteiger partial charge in [0.05, 0.1) is 12.7 Å². The molecule has 0 unspecified atom stereocenters. The number of rotatable bonds is 1. The second-order valence-electron chi connectivity index (χ2n) is 2.25. The quantitative estimate of drug-likeness (QED) is 0.334. The summed E-state index contributed by atoms with van der Waals surface area (Å²) in [6, 6.07) is 0. The minimum absolute atomic E-state index is 0.192. The second-order valence-corrected chi connectivity index (χ2v) is 2.25. The monoisotopic (exact) mass is 149 g/mol. The van der Waals surface area contributed by atoms with Gasteiger partial charge in [0, 0.05) is 6.54 Å². The van der Waals surface area contributed by atoms with Gasteiger partial charge < -0.3 is 15.3 Å². The van der Waals surface area contributed by atoms with Gasteiger partial charge in [0.25, 0.3) is 0 Å². The van der Waals surface area contributed by atoms with Gasteiger partial charge >= 0.3 is 0 Å². The molecular weight excluding hydrogens is 138 g/mol. The van der Waals surface area contributed by atoms with Crippen LogP contribution in [-0.4, -0.2) is 46.8 Å². The average Bonchev–Trinajstić information content (AvgIpc) is 1.95. The van der Waals surface area contributed by atoms with E-state index in [1.54, 1.807) is 0 Å². The summed E-state index contributed by atoms with van der Waals surface area (Å²) in [6.45, 7) is -0.108. The molecule has 1 aliphatic rings. The van der Waals surface area contributed by atoms with Crippen LogP contribution in [0.1, 0.15) is 0 Å². The molecule has 0 aliphatic carbocycles. The number of β-amino-alcohol motifs (C(OH)–C–C–N with tert-alkyl or cyclic N) is 1. The number of hydrogen-bond donors (Lipinski definition) is 4. The fourth-order valence-electron chi connectivity index (χ4n) is 0.824. The highest BCUT2D eigenvalue weighted by Crippen LogP contribution is 2.06. The van der Waals surface area contributed by atoms with Crippen LogP contribution < -0.4 is 5.48 Å². The Balaban J connectivity index is 2.42. The fourth-order valence-corrected chi connectivity index (χ4v) is 0.824. The van der Waals surface area contributed by atoms with Crippen molar-refractivity contribution >= 4 is 0 Å². The van der Waals surface area contributed by atoms with Crippen LogP contribution in [0, 0.1) is 0 Å². The lowest BCUT2D eigenvalue weighted by Crippen LogP contribution is -2.53. The first kappa shape index (κ1) is 7.90. The summed E-state index contributed by atoms with van der Waals surface area (Å²) in [5.74, 6) is 0. The minimum Gasteiger partial charge on any atom is -0.393 e. The van der Waals surface area contributed by atoms with Crippen LogP contribution in [0.15, 0.2) is 0 Å². The normalized spacial score (nSPS) is 41.7. The van der Waals surface area contributed by atoms with Crippen molar-refractivity contribution in [3.8, 4) is 0 Å². The van der Waals surface area contributed by atoms with Gasteiger partial charge in [-0.3, -0.25) is 4.84 Å². The largest absolute Gasteiger partial charge is 0.393 e. The number of aliphatic hydroxyl groups excluding tert-OH is 3. The molecule has 10 heavy (non-hydrogen) atoms. The number of aliphatic hydroxyl groups is 3. The van der Waals surface area contributed by atoms with Crippen molar-refractivity contribution < 1.29 is 20.2 Å². The Morgan fingerprint density at radius 3 is 2.70 bits per heavy atom. The second kappa shape index (κ2) is 3.27. The Morgan fingerprint density at radius 2 is 2.20 bits per heavy atom. The summed E-state index contributed by atoms with van der Waals surface area (Å²) in [6.07, 6.45) is -2.57. The van der Waals surface area contributed by atoms with E-state index in [1.165, 1.54) is 0 Å². The highest BCUT2D eigenvalue weighted by molar-refractivity contribution is 4.79. The minimum atomic E-state index is -0.994. The summed E-state index contributed by atoms with van der Waals surface area (Å²) in [5, 5.41) is 26.6. The van der Waals surface area contributed by atoms with Crippen LogP contribution >= 0.6 is 0 Å². The maximum atomic E-state index is 9.06. The molecule has 0 bridgehead atoms. The molecule has 0 aromatic heterocycles. The van der Waals surface area contributed by atoms with Crippen LogP contribution in [0.5, 0.6) is 0 Å². The highest BCUT2D eigenvalue weighted by Gasteiger charge is 2.30. The smallest absolute Gasteiger partial charge is 0.130 e. The molecule has 60 valence electrons. The Morgan fingerprint density at radius 1 is 1.50 bits per heavy atom. The number of nitrogens with one attached hydrogen (secondary N) is 1. The summed E-state index contributed by atoms with van der Waals surface area (Å²) in [4.78, 5) is 4.70. The summed E-state index contributed by atoms with van der Waals surface area (Å²) < 4.78 is 0. The van der Waals surface area contributed by atoms with Gasteiger partial charge in [0.1, 0.15) is 12.2 Å². The van der Waals surface area contributed by atoms with Gasteiger partial charge in [-0.15, -0.1) is 0 Å². The van der Waals surface area contributed by atoms with Crippen molar-refractivity contribution in [3.63, 3.8) is 0 Å². The van der Waals surface area contributed by atoms with Crippen LogP contribution in [0.3, 0.4) is 0 Å². The third-order valence-corrected chi connectivity index (χ3v) is 1.48. The summed E-state index contributed by atoms with van der Waals surface area (Å²) >= 11 is 0. The average molecular weight is 149 g/mol. The lowest BCUT2D eigenvalue weighted by atomic mass is 10.1. The highest BCUT2D eigenvalue weighted by atomic mass is 16.7. The van der Waals surface area contributed by atoms with E-state index in [4.69, 9.17) is 20.2 Å². The number of hydrogen-bond acceptors (Lipinski definition) is 5. The molecule has 0 aromatic rings. The van der Waals surface area contributed by atoms with E-state index in [2.05, 4.69) is 5.48 Å². The van der Waals surface area contributed by atoms with E-state index >= 15 is 0 Å². The Hall–Kier alpha value is -0.200. The van der Waals surface area contributed by atoms with Crippen molar-refractivity contribution in [2.45, 2.75) is 18.3 Å². The van der Waals surface area contributed by atoms with Crippen molar-refractivity contribution in [2.75, 3.05) is 13.2 Å². The van der Waals surface area contributed by atoms with E-state index in [0.29, 0.717) is 0 Å². The van der Waals surface area contributed by atoms with Crippen LogP contribution in [0.2, 0.25) is 0 Å². The molecule has 1 rings (SSSR count). The molecule has 0 saturated carbocycles. The predicted octanol–water partition coefficient (Wildman–Crippen LogP) is -2.40. The Kier molecular flexibility index (Phi) is 2.58. The molecule has 0 radical (unpaired) electrons. The standard InChI is InChI=1S/C5H11NO4/c7-2-4-5(9)3(8)1-6-10-4/h3-9H,1-2H2/t3-,4-,5+/m0/s1. The topological polar surface area (TPSA) is 82.0 Å². The first-order valence-corrected chi connectivity index (χ1v) is 3.11. The zero-order valence-corrected chi connectivity index (χ0v) is 5.40. The third-order valence-electron chi connectivity index (χ3n) is 1.48. The molecule has 0 spiro atoms. The third kappa shape index (κ3) is 1.44. The summed E-state index contributed by atoms with van der Waals surface area (Å²) in [7, 11) is 0. The number of hydroxylamine groups is 1. The van der Waals surface area contributed by atoms with E-state index in [9.17, 15) is 0 Å². The Bertz CT molecular complexity index is 110. The molecule has 3 atom stereocenters. The van der Waals surface area contributed by atoms with Gasteiger partial charge in [0.2, 0.25) is 0 Å². The van der Waals surface area contributed by atoms with Crippen LogP contribution in [-0.2, 0) is 4.84 Å². The first-order valence-electron chi connectivity index (χ1n) is 3.11. The van der Waals surface area contributed by atoms with Gasteiger partial charge in [0.15, 0.2) is 0 Å². The van der Waals surface area contributed by atoms with E-state index < -0.39 is 18.3 Å². The van der Waals surface area contributed by atoms with Crippen LogP contribution in [0.4, 0.5) is 0 Å². The predicted molar refractivity (Wildman–Crippen MR) is 32.0 cm³/mol. The molecule has 5 heteroatoms. The molecular formula is C5H11NO4. The van der Waals surface area contributed by atoms with Gasteiger partial charge in [-0.05, 0) is 0 Å². The molecule has 1 fully saturated rings. The maximum absolute atomic E-state index is 9.06. The van der Waals surface area contributed by atoms with Crippen molar-refractivity contribution in [1.29, 1.82) is 0 Å². The van der Waals surface area contributed by atoms with Crippen LogP contribution in [0.25, 0.3) is 0 Å². The molecule has 4 N–H and O–H groups in total. The van der Waals surface area contributed by atoms with Gasteiger partial charge in [-0.25, -0.2) is 0 Å². The van der Waals surface area contributed by atoms with Gasteiger partial charge in [-0.2, -0.15) is 5.48 Å². The van der Waals surface area contributed by atoms with E-state index in [0.717, 1.165) is 0 Å². The maximum Gasteiger partial charge on any atom is 0.130 e. The first-order chi connectivity index (χ1) is 4.75. The summed E-state index contributed by atoms with van der Waals surface area (Å²) in [5.41, 5.74) is 2.40. The molecule has 0 amide bonds. The lowest BCUT2D eigenvalue weighted by Gasteiger charge is -2.30. The molecule has 1 aliphatic heterocycles.